The van der Waals surface area contributed by atoms with Crippen molar-refractivity contribution in [2.24, 2.45) is 0 Å². The Morgan fingerprint density at radius 1 is 1.21 bits per heavy atom. The highest BCUT2D eigenvalue weighted by molar-refractivity contribution is 9.10. The Morgan fingerprint density at radius 3 is 2.53 bits per heavy atom. The molecule has 1 unspecified atom stereocenters. The van der Waals surface area contributed by atoms with Crippen LogP contribution in [-0.4, -0.2) is 5.91 Å². The third-order valence-electron chi connectivity index (χ3n) is 2.91. The molecule has 0 bridgehead atoms. The van der Waals surface area contributed by atoms with Crippen LogP contribution in [0, 0.1) is 0 Å². The van der Waals surface area contributed by atoms with Crippen molar-refractivity contribution in [2.75, 3.05) is 5.73 Å². The zero-order valence-corrected chi connectivity index (χ0v) is 12.1. The molecule has 3 nitrogen and oxygen atoms in total. The summed E-state index contributed by atoms with van der Waals surface area (Å²) in [5, 5.41) is 2.96. The Bertz CT molecular complexity index is 584. The Morgan fingerprint density at radius 2 is 1.89 bits per heavy atom. The highest BCUT2D eigenvalue weighted by atomic mass is 79.9. The molecule has 0 heterocycles. The highest BCUT2D eigenvalue weighted by Crippen LogP contribution is 2.21. The highest BCUT2D eigenvalue weighted by Gasteiger charge is 2.11. The molecule has 0 radical (unpaired) electrons. The summed E-state index contributed by atoms with van der Waals surface area (Å²) >= 11 is 3.32. The fourth-order valence-electron chi connectivity index (χ4n) is 1.77. The van der Waals surface area contributed by atoms with Gasteiger partial charge in [-0.1, -0.05) is 30.3 Å². The van der Waals surface area contributed by atoms with Crippen molar-refractivity contribution in [3.63, 3.8) is 0 Å². The van der Waals surface area contributed by atoms with Crippen molar-refractivity contribution >= 4 is 27.5 Å². The van der Waals surface area contributed by atoms with E-state index in [0.29, 0.717) is 11.3 Å². The van der Waals surface area contributed by atoms with E-state index in [9.17, 15) is 4.79 Å². The van der Waals surface area contributed by atoms with Gasteiger partial charge in [-0.2, -0.15) is 0 Å². The summed E-state index contributed by atoms with van der Waals surface area (Å²) in [4.78, 5) is 12.1. The molecule has 4 heteroatoms. The van der Waals surface area contributed by atoms with Crippen molar-refractivity contribution in [3.05, 3.63) is 64.1 Å². The van der Waals surface area contributed by atoms with Gasteiger partial charge in [0.1, 0.15) is 0 Å². The van der Waals surface area contributed by atoms with E-state index in [2.05, 4.69) is 21.2 Å². The normalized spacial score (nSPS) is 11.9. The van der Waals surface area contributed by atoms with Crippen LogP contribution in [0.2, 0.25) is 0 Å². The van der Waals surface area contributed by atoms with Gasteiger partial charge in [0, 0.05) is 15.7 Å². The van der Waals surface area contributed by atoms with Gasteiger partial charge in [0.2, 0.25) is 0 Å². The maximum Gasteiger partial charge on any atom is 0.251 e. The van der Waals surface area contributed by atoms with E-state index in [1.165, 1.54) is 0 Å². The molecular formula is C15H15BrN2O. The van der Waals surface area contributed by atoms with Crippen molar-refractivity contribution in [1.29, 1.82) is 0 Å². The van der Waals surface area contributed by atoms with Crippen LogP contribution in [0.3, 0.4) is 0 Å². The standard InChI is InChI=1S/C15H15BrN2O/c1-10(11-5-3-2-4-6-11)18-15(19)12-7-8-14(17)13(16)9-12/h2-10H,17H2,1H3,(H,18,19). The topological polar surface area (TPSA) is 55.1 Å². The number of amides is 1. The van der Waals surface area contributed by atoms with Gasteiger partial charge in [0.25, 0.3) is 5.91 Å². The molecule has 0 aliphatic rings. The zero-order valence-electron chi connectivity index (χ0n) is 10.6. The van der Waals surface area contributed by atoms with E-state index < -0.39 is 0 Å². The average molecular weight is 319 g/mol. The number of rotatable bonds is 3. The molecule has 0 aliphatic carbocycles. The van der Waals surface area contributed by atoms with Crippen molar-refractivity contribution in [2.45, 2.75) is 13.0 Å². The number of halogens is 1. The molecule has 19 heavy (non-hydrogen) atoms. The number of nitrogens with one attached hydrogen (secondary N) is 1. The summed E-state index contributed by atoms with van der Waals surface area (Å²) in [6.07, 6.45) is 0. The van der Waals surface area contributed by atoms with E-state index in [0.717, 1.165) is 10.0 Å². The van der Waals surface area contributed by atoms with Gasteiger partial charge in [-0.25, -0.2) is 0 Å². The molecule has 0 saturated carbocycles. The Balaban J connectivity index is 2.11. The minimum absolute atomic E-state index is 0.0370. The lowest BCUT2D eigenvalue weighted by Crippen LogP contribution is -2.26. The van der Waals surface area contributed by atoms with Crippen molar-refractivity contribution < 1.29 is 4.79 Å². The summed E-state index contributed by atoms with van der Waals surface area (Å²) in [5.74, 6) is -0.114. The number of nitrogens with two attached hydrogens (primary N) is 1. The van der Waals surface area contributed by atoms with Crippen LogP contribution >= 0.6 is 15.9 Å². The molecule has 2 aromatic rings. The average Bonchev–Trinajstić information content (AvgIpc) is 2.42. The molecule has 0 aromatic heterocycles. The number of benzene rings is 2. The van der Waals surface area contributed by atoms with Gasteiger partial charge >= 0.3 is 0 Å². The van der Waals surface area contributed by atoms with Gasteiger partial charge in [0.05, 0.1) is 6.04 Å². The number of carbonyl (C=O) groups is 1. The lowest BCUT2D eigenvalue weighted by Gasteiger charge is -2.14. The van der Waals surface area contributed by atoms with Crippen molar-refractivity contribution in [1.82, 2.24) is 5.32 Å². The molecule has 98 valence electrons. The molecule has 0 spiro atoms. The second-order valence-electron chi connectivity index (χ2n) is 4.34. The number of nitrogen functional groups attached to an aromatic ring is 1. The first-order valence-electron chi connectivity index (χ1n) is 5.99. The minimum Gasteiger partial charge on any atom is -0.398 e. The van der Waals surface area contributed by atoms with E-state index in [1.54, 1.807) is 18.2 Å². The van der Waals surface area contributed by atoms with Crippen LogP contribution < -0.4 is 11.1 Å². The molecule has 0 saturated heterocycles. The van der Waals surface area contributed by atoms with E-state index >= 15 is 0 Å². The third kappa shape index (κ3) is 3.35. The van der Waals surface area contributed by atoms with E-state index in [-0.39, 0.29) is 11.9 Å². The lowest BCUT2D eigenvalue weighted by molar-refractivity contribution is 0.0940. The summed E-state index contributed by atoms with van der Waals surface area (Å²) in [7, 11) is 0. The molecule has 1 amide bonds. The molecule has 0 aliphatic heterocycles. The van der Waals surface area contributed by atoms with Gasteiger partial charge in [-0.3, -0.25) is 4.79 Å². The van der Waals surface area contributed by atoms with Crippen LogP contribution in [0.15, 0.2) is 53.0 Å². The molecular weight excluding hydrogens is 304 g/mol. The SMILES string of the molecule is CC(NC(=O)c1ccc(N)c(Br)c1)c1ccccc1. The van der Waals surface area contributed by atoms with Gasteiger partial charge < -0.3 is 11.1 Å². The Labute approximate surface area is 121 Å². The molecule has 2 aromatic carbocycles. The fourth-order valence-corrected chi connectivity index (χ4v) is 2.15. The maximum absolute atomic E-state index is 12.1. The number of carbonyl (C=O) groups excluding carboxylic acids is 1. The van der Waals surface area contributed by atoms with Crippen molar-refractivity contribution in [3.8, 4) is 0 Å². The summed E-state index contributed by atoms with van der Waals surface area (Å²) in [5.41, 5.74) is 7.98. The number of hydrogen-bond acceptors (Lipinski definition) is 2. The smallest absolute Gasteiger partial charge is 0.251 e. The summed E-state index contributed by atoms with van der Waals surface area (Å²) < 4.78 is 0.729. The predicted octanol–water partition coefficient (Wildman–Crippen LogP) is 3.52. The zero-order chi connectivity index (χ0) is 13.8. The van der Waals surface area contributed by atoms with Crippen LogP contribution in [0.25, 0.3) is 0 Å². The number of anilines is 1. The fraction of sp³-hybridized carbons (Fsp3) is 0.133. The minimum atomic E-state index is -0.114. The first kappa shape index (κ1) is 13.6. The van der Waals surface area contributed by atoms with Crippen LogP contribution in [0.4, 0.5) is 5.69 Å². The van der Waals surface area contributed by atoms with Crippen LogP contribution in [0.1, 0.15) is 28.9 Å². The lowest BCUT2D eigenvalue weighted by atomic mass is 10.1. The Kier molecular flexibility index (Phi) is 4.22. The Hall–Kier alpha value is -1.81. The molecule has 1 atom stereocenters. The van der Waals surface area contributed by atoms with E-state index in [4.69, 9.17) is 5.73 Å². The van der Waals surface area contributed by atoms with Crippen LogP contribution in [0.5, 0.6) is 0 Å². The predicted molar refractivity (Wildman–Crippen MR) is 80.9 cm³/mol. The molecule has 3 N–H and O–H groups in total. The largest absolute Gasteiger partial charge is 0.398 e. The second kappa shape index (κ2) is 5.89. The van der Waals surface area contributed by atoms with Gasteiger partial charge in [-0.15, -0.1) is 0 Å². The number of hydrogen-bond donors (Lipinski definition) is 2. The second-order valence-corrected chi connectivity index (χ2v) is 5.20. The maximum atomic E-state index is 12.1. The monoisotopic (exact) mass is 318 g/mol. The first-order valence-corrected chi connectivity index (χ1v) is 6.78. The summed E-state index contributed by atoms with van der Waals surface area (Å²) in [6.45, 7) is 1.96. The summed E-state index contributed by atoms with van der Waals surface area (Å²) in [6, 6.07) is 15.0. The molecule has 2 rings (SSSR count). The van der Waals surface area contributed by atoms with Crippen LogP contribution in [-0.2, 0) is 0 Å². The van der Waals surface area contributed by atoms with Gasteiger partial charge in [0.15, 0.2) is 0 Å². The quantitative estimate of drug-likeness (QED) is 0.851. The molecule has 0 fully saturated rings. The van der Waals surface area contributed by atoms with Gasteiger partial charge in [-0.05, 0) is 46.6 Å². The third-order valence-corrected chi connectivity index (χ3v) is 3.60. The first-order chi connectivity index (χ1) is 9.08. The van der Waals surface area contributed by atoms with E-state index in [1.807, 2.05) is 37.3 Å².